The van der Waals surface area contributed by atoms with Crippen LogP contribution in [-0.4, -0.2) is 45.4 Å². The first-order chi connectivity index (χ1) is 8.71. The molecule has 0 aliphatic rings. The Morgan fingerprint density at radius 1 is 1.05 bits per heavy atom. The Morgan fingerprint density at radius 2 is 1.58 bits per heavy atom. The molecule has 0 radical (unpaired) electrons. The van der Waals surface area contributed by atoms with Gasteiger partial charge in [-0.2, -0.15) is 0 Å². The topological polar surface area (TPSA) is 23.6 Å². The molecule has 0 bridgehead atoms. The van der Waals surface area contributed by atoms with Crippen molar-refractivity contribution in [3.63, 3.8) is 0 Å². The number of hydrogen-bond acceptors (Lipinski definition) is 3. The standard InChI is InChI=1S/C16H26N2O/c1-16(2,12-17(3)4)11-15(19)13-7-9-14(10-8-13)18(5)6/h7-10H,11-12H2,1-6H3. The van der Waals surface area contributed by atoms with Crippen LogP contribution in [0.2, 0.25) is 0 Å². The first-order valence-corrected chi connectivity index (χ1v) is 6.66. The van der Waals surface area contributed by atoms with E-state index in [2.05, 4.69) is 18.7 Å². The van der Waals surface area contributed by atoms with Crippen molar-refractivity contribution >= 4 is 11.5 Å². The summed E-state index contributed by atoms with van der Waals surface area (Å²) in [5.41, 5.74) is 1.92. The normalized spacial score (nSPS) is 11.7. The summed E-state index contributed by atoms with van der Waals surface area (Å²) in [6, 6.07) is 7.82. The van der Waals surface area contributed by atoms with Crippen molar-refractivity contribution in [2.75, 3.05) is 39.6 Å². The molecular weight excluding hydrogens is 236 g/mol. The van der Waals surface area contributed by atoms with Gasteiger partial charge < -0.3 is 9.80 Å². The van der Waals surface area contributed by atoms with Crippen LogP contribution < -0.4 is 4.90 Å². The van der Waals surface area contributed by atoms with Gasteiger partial charge in [0.15, 0.2) is 5.78 Å². The Balaban J connectivity index is 2.73. The van der Waals surface area contributed by atoms with Crippen LogP contribution in [0.1, 0.15) is 30.6 Å². The number of ketones is 1. The van der Waals surface area contributed by atoms with E-state index in [1.54, 1.807) is 0 Å². The molecule has 0 aromatic heterocycles. The van der Waals surface area contributed by atoms with Crippen molar-refractivity contribution in [3.8, 4) is 0 Å². The van der Waals surface area contributed by atoms with E-state index in [1.165, 1.54) is 0 Å². The van der Waals surface area contributed by atoms with Crippen LogP contribution in [0.4, 0.5) is 5.69 Å². The molecule has 19 heavy (non-hydrogen) atoms. The van der Waals surface area contributed by atoms with Gasteiger partial charge in [-0.1, -0.05) is 13.8 Å². The SMILES string of the molecule is CN(C)CC(C)(C)CC(=O)c1ccc(N(C)C)cc1. The monoisotopic (exact) mass is 262 g/mol. The number of carbonyl (C=O) groups is 1. The zero-order valence-corrected chi connectivity index (χ0v) is 13.0. The Bertz CT molecular complexity index is 419. The smallest absolute Gasteiger partial charge is 0.163 e. The Kier molecular flexibility index (Phi) is 5.12. The third kappa shape index (κ3) is 5.03. The number of benzene rings is 1. The van der Waals surface area contributed by atoms with Crippen molar-refractivity contribution in [1.82, 2.24) is 4.90 Å². The summed E-state index contributed by atoms with van der Waals surface area (Å²) in [5, 5.41) is 0. The molecule has 3 heteroatoms. The van der Waals surface area contributed by atoms with E-state index in [0.29, 0.717) is 6.42 Å². The van der Waals surface area contributed by atoms with Crippen molar-refractivity contribution in [2.24, 2.45) is 5.41 Å². The summed E-state index contributed by atoms with van der Waals surface area (Å²) in [4.78, 5) is 16.5. The van der Waals surface area contributed by atoms with Gasteiger partial charge in [0, 0.05) is 38.3 Å². The Labute approximate surface area is 117 Å². The molecule has 3 nitrogen and oxygen atoms in total. The van der Waals surface area contributed by atoms with Gasteiger partial charge in [0.25, 0.3) is 0 Å². The molecule has 106 valence electrons. The molecular formula is C16H26N2O. The van der Waals surface area contributed by atoms with Crippen LogP contribution in [0.5, 0.6) is 0 Å². The van der Waals surface area contributed by atoms with Crippen molar-refractivity contribution in [2.45, 2.75) is 20.3 Å². The molecule has 0 aliphatic carbocycles. The van der Waals surface area contributed by atoms with E-state index in [4.69, 9.17) is 0 Å². The van der Waals surface area contributed by atoms with Crippen LogP contribution in [0.15, 0.2) is 24.3 Å². The van der Waals surface area contributed by atoms with Gasteiger partial charge in [0.2, 0.25) is 0 Å². The van der Waals surface area contributed by atoms with E-state index in [0.717, 1.165) is 17.8 Å². The second-order valence-corrected chi connectivity index (χ2v) is 6.44. The first-order valence-electron chi connectivity index (χ1n) is 6.66. The predicted molar refractivity (Wildman–Crippen MR) is 82.1 cm³/mol. The lowest BCUT2D eigenvalue weighted by Crippen LogP contribution is -2.30. The fourth-order valence-electron chi connectivity index (χ4n) is 2.39. The van der Waals surface area contributed by atoms with Gasteiger partial charge in [-0.05, 0) is 43.8 Å². The highest BCUT2D eigenvalue weighted by atomic mass is 16.1. The highest BCUT2D eigenvalue weighted by Crippen LogP contribution is 2.24. The van der Waals surface area contributed by atoms with Gasteiger partial charge in [0.1, 0.15) is 0 Å². The minimum absolute atomic E-state index is 0.000796. The third-order valence-corrected chi connectivity index (χ3v) is 3.09. The van der Waals surface area contributed by atoms with Crippen LogP contribution >= 0.6 is 0 Å². The number of hydrogen-bond donors (Lipinski definition) is 0. The molecule has 0 aliphatic heterocycles. The van der Waals surface area contributed by atoms with Crippen molar-refractivity contribution in [1.29, 1.82) is 0 Å². The fourth-order valence-corrected chi connectivity index (χ4v) is 2.39. The molecule has 1 aromatic carbocycles. The molecule has 0 saturated carbocycles. The molecule has 0 atom stereocenters. The van der Waals surface area contributed by atoms with Crippen LogP contribution in [0, 0.1) is 5.41 Å². The number of nitrogens with zero attached hydrogens (tertiary/aromatic N) is 2. The van der Waals surface area contributed by atoms with Gasteiger partial charge >= 0.3 is 0 Å². The second-order valence-electron chi connectivity index (χ2n) is 6.44. The summed E-state index contributed by atoms with van der Waals surface area (Å²) in [6.07, 6.45) is 0.576. The molecule has 1 aromatic rings. The molecule has 0 heterocycles. The van der Waals surface area contributed by atoms with Crippen molar-refractivity contribution in [3.05, 3.63) is 29.8 Å². The van der Waals surface area contributed by atoms with Gasteiger partial charge in [0.05, 0.1) is 0 Å². The largest absolute Gasteiger partial charge is 0.378 e. The molecule has 0 fully saturated rings. The lowest BCUT2D eigenvalue weighted by molar-refractivity contribution is 0.0911. The third-order valence-electron chi connectivity index (χ3n) is 3.09. The Morgan fingerprint density at radius 3 is 2.00 bits per heavy atom. The summed E-state index contributed by atoms with van der Waals surface area (Å²) >= 11 is 0. The maximum atomic E-state index is 12.3. The maximum Gasteiger partial charge on any atom is 0.163 e. The molecule has 0 N–H and O–H groups in total. The molecule has 0 unspecified atom stereocenters. The number of Topliss-reactive ketones (excluding diaryl/α,β-unsaturated/α-hetero) is 1. The summed E-state index contributed by atoms with van der Waals surface area (Å²) in [5.74, 6) is 0.220. The van der Waals surface area contributed by atoms with E-state index in [1.807, 2.05) is 57.4 Å². The van der Waals surface area contributed by atoms with E-state index >= 15 is 0 Å². The van der Waals surface area contributed by atoms with E-state index in [9.17, 15) is 4.79 Å². The highest BCUT2D eigenvalue weighted by Gasteiger charge is 2.23. The van der Waals surface area contributed by atoms with Gasteiger partial charge in [-0.25, -0.2) is 0 Å². The average molecular weight is 262 g/mol. The molecule has 0 spiro atoms. The summed E-state index contributed by atoms with van der Waals surface area (Å²) < 4.78 is 0. The Hall–Kier alpha value is -1.35. The van der Waals surface area contributed by atoms with Gasteiger partial charge in [-0.3, -0.25) is 4.79 Å². The van der Waals surface area contributed by atoms with Crippen LogP contribution in [0.25, 0.3) is 0 Å². The number of anilines is 1. The minimum Gasteiger partial charge on any atom is -0.378 e. The maximum absolute atomic E-state index is 12.3. The highest BCUT2D eigenvalue weighted by molar-refractivity contribution is 5.96. The van der Waals surface area contributed by atoms with Gasteiger partial charge in [-0.15, -0.1) is 0 Å². The summed E-state index contributed by atoms with van der Waals surface area (Å²) in [6.45, 7) is 5.19. The van der Waals surface area contributed by atoms with Crippen molar-refractivity contribution < 1.29 is 4.79 Å². The lowest BCUT2D eigenvalue weighted by atomic mass is 9.85. The molecule has 1 rings (SSSR count). The van der Waals surface area contributed by atoms with Crippen LogP contribution in [-0.2, 0) is 0 Å². The zero-order valence-electron chi connectivity index (χ0n) is 13.0. The van der Waals surface area contributed by atoms with Crippen LogP contribution in [0.3, 0.4) is 0 Å². The number of rotatable bonds is 6. The zero-order chi connectivity index (χ0) is 14.6. The van der Waals surface area contributed by atoms with E-state index in [-0.39, 0.29) is 11.2 Å². The fraction of sp³-hybridized carbons (Fsp3) is 0.562. The average Bonchev–Trinajstić information content (AvgIpc) is 2.26. The number of carbonyl (C=O) groups excluding carboxylic acids is 1. The minimum atomic E-state index is 0.000796. The predicted octanol–water partition coefficient (Wildman–Crippen LogP) is 2.91. The second kappa shape index (κ2) is 6.20. The molecule has 0 saturated heterocycles. The first kappa shape index (κ1) is 15.7. The quantitative estimate of drug-likeness (QED) is 0.736. The van der Waals surface area contributed by atoms with E-state index < -0.39 is 0 Å². The lowest BCUT2D eigenvalue weighted by Gasteiger charge is -2.27. The molecule has 0 amide bonds. The summed E-state index contributed by atoms with van der Waals surface area (Å²) in [7, 11) is 8.07.